The van der Waals surface area contributed by atoms with Gasteiger partial charge in [-0.05, 0) is 120 Å². The molecule has 0 atom stereocenters. The molecule has 0 saturated heterocycles. The van der Waals surface area contributed by atoms with E-state index in [-0.39, 0.29) is 11.1 Å². The van der Waals surface area contributed by atoms with Crippen molar-refractivity contribution in [3.05, 3.63) is 46.5 Å². The van der Waals surface area contributed by atoms with Gasteiger partial charge in [0.15, 0.2) is 0 Å². The van der Waals surface area contributed by atoms with E-state index in [0.29, 0.717) is 24.0 Å². The van der Waals surface area contributed by atoms with Crippen molar-refractivity contribution in [1.82, 2.24) is 9.80 Å². The minimum atomic E-state index is -1.27. The molecule has 0 spiro atoms. The second-order valence-electron chi connectivity index (χ2n) is 10.5. The Labute approximate surface area is 232 Å². The highest BCUT2D eigenvalue weighted by Crippen LogP contribution is 2.36. The summed E-state index contributed by atoms with van der Waals surface area (Å²) < 4.78 is 6.04. The lowest BCUT2D eigenvalue weighted by Crippen LogP contribution is -2.28. The molecule has 0 radical (unpaired) electrons. The van der Waals surface area contributed by atoms with Gasteiger partial charge >= 0.3 is 0 Å². The molecule has 39 heavy (non-hydrogen) atoms. The van der Waals surface area contributed by atoms with E-state index < -0.39 is 11.9 Å². The van der Waals surface area contributed by atoms with Gasteiger partial charge < -0.3 is 34.0 Å². The summed E-state index contributed by atoms with van der Waals surface area (Å²) >= 11 is 0. The van der Waals surface area contributed by atoms with Gasteiger partial charge in [0.1, 0.15) is 11.2 Å². The standard InChI is InChI=1S/C32H46N2O5/c1-5-15-33(16-6-2)19-9-11-24-25(12-10-20-34(17-7-3)18-8-4)30-26-14-13-23(31(35)36)21-28(26)39-29(30)22-27(24)32(37)38/h13-14,21-22H,5-12,15-20H2,1-4H3,(H,35,36)(H,37,38)/p-2. The van der Waals surface area contributed by atoms with Gasteiger partial charge in [0, 0.05) is 21.9 Å². The molecule has 3 aromatic rings. The molecule has 214 valence electrons. The molecule has 0 aliphatic carbocycles. The van der Waals surface area contributed by atoms with E-state index in [0.717, 1.165) is 99.7 Å². The number of carbonyl (C=O) groups excluding carboxylic acids is 2. The quantitative estimate of drug-likeness (QED) is 0.237. The van der Waals surface area contributed by atoms with Gasteiger partial charge in [0.25, 0.3) is 0 Å². The summed E-state index contributed by atoms with van der Waals surface area (Å²) in [5.41, 5.74) is 2.89. The molecule has 1 aromatic heterocycles. The lowest BCUT2D eigenvalue weighted by Gasteiger charge is -2.23. The van der Waals surface area contributed by atoms with Crippen molar-refractivity contribution < 1.29 is 24.2 Å². The van der Waals surface area contributed by atoms with Crippen molar-refractivity contribution in [2.45, 2.75) is 79.1 Å². The lowest BCUT2D eigenvalue weighted by atomic mass is 9.89. The zero-order valence-electron chi connectivity index (χ0n) is 24.1. The maximum absolute atomic E-state index is 12.4. The molecule has 0 bridgehead atoms. The Bertz CT molecular complexity index is 1240. The maximum atomic E-state index is 12.4. The fourth-order valence-corrected chi connectivity index (χ4v) is 5.83. The zero-order valence-corrected chi connectivity index (χ0v) is 24.1. The summed E-state index contributed by atoms with van der Waals surface area (Å²) in [7, 11) is 0. The topological polar surface area (TPSA) is 99.9 Å². The van der Waals surface area contributed by atoms with Crippen LogP contribution in [0.2, 0.25) is 0 Å². The van der Waals surface area contributed by atoms with Crippen LogP contribution in [0.5, 0.6) is 0 Å². The van der Waals surface area contributed by atoms with Gasteiger partial charge in [0.05, 0.1) is 11.9 Å². The second kappa shape index (κ2) is 15.0. The van der Waals surface area contributed by atoms with Crippen LogP contribution in [0.15, 0.2) is 28.7 Å². The number of furan rings is 1. The summed E-state index contributed by atoms with van der Waals surface area (Å²) in [5.74, 6) is -2.48. The molecule has 0 aliphatic heterocycles. The van der Waals surface area contributed by atoms with Crippen LogP contribution in [0, 0.1) is 0 Å². The van der Waals surface area contributed by atoms with Gasteiger partial charge in [-0.2, -0.15) is 0 Å². The van der Waals surface area contributed by atoms with E-state index in [2.05, 4.69) is 37.5 Å². The van der Waals surface area contributed by atoms with Crippen LogP contribution < -0.4 is 10.2 Å². The minimum Gasteiger partial charge on any atom is -0.545 e. The highest BCUT2D eigenvalue weighted by atomic mass is 16.4. The average molecular weight is 537 g/mol. The third-order valence-electron chi connectivity index (χ3n) is 7.40. The number of rotatable bonds is 18. The van der Waals surface area contributed by atoms with Gasteiger partial charge in [-0.3, -0.25) is 0 Å². The smallest absolute Gasteiger partial charge is 0.136 e. The third kappa shape index (κ3) is 7.83. The Morgan fingerprint density at radius 1 is 0.692 bits per heavy atom. The summed E-state index contributed by atoms with van der Waals surface area (Å²) in [4.78, 5) is 28.7. The number of nitrogens with zero attached hydrogens (tertiary/aromatic N) is 2. The highest BCUT2D eigenvalue weighted by Gasteiger charge is 2.20. The second-order valence-corrected chi connectivity index (χ2v) is 10.5. The molecule has 0 amide bonds. The number of carbonyl (C=O) groups is 2. The lowest BCUT2D eigenvalue weighted by molar-refractivity contribution is -0.256. The molecule has 0 aliphatic rings. The fourth-order valence-electron chi connectivity index (χ4n) is 5.83. The molecule has 0 fully saturated rings. The molecule has 0 saturated carbocycles. The first-order chi connectivity index (χ1) is 18.8. The van der Waals surface area contributed by atoms with Crippen LogP contribution in [0.1, 0.15) is 98.1 Å². The van der Waals surface area contributed by atoms with Crippen LogP contribution >= 0.6 is 0 Å². The first kappa shape index (κ1) is 30.6. The van der Waals surface area contributed by atoms with Crippen LogP contribution in [-0.4, -0.2) is 61.0 Å². The fraction of sp³-hybridized carbons (Fsp3) is 0.562. The van der Waals surface area contributed by atoms with Crippen molar-refractivity contribution in [2.24, 2.45) is 0 Å². The van der Waals surface area contributed by atoms with Gasteiger partial charge in [-0.25, -0.2) is 0 Å². The van der Waals surface area contributed by atoms with Crippen molar-refractivity contribution in [3.8, 4) is 0 Å². The Hall–Kier alpha value is -2.90. The first-order valence-electron chi connectivity index (χ1n) is 14.7. The Balaban J connectivity index is 2.06. The van der Waals surface area contributed by atoms with Crippen molar-refractivity contribution in [2.75, 3.05) is 39.3 Å². The number of carboxylic acid groups (broad SMARTS) is 2. The zero-order chi connectivity index (χ0) is 28.4. The molecule has 3 rings (SSSR count). The van der Waals surface area contributed by atoms with Gasteiger partial charge in [-0.15, -0.1) is 0 Å². The van der Waals surface area contributed by atoms with Crippen LogP contribution in [0.25, 0.3) is 21.9 Å². The first-order valence-corrected chi connectivity index (χ1v) is 14.7. The molecular weight excluding hydrogens is 492 g/mol. The number of aryl methyl sites for hydroxylation is 1. The third-order valence-corrected chi connectivity index (χ3v) is 7.40. The number of hydrogen-bond acceptors (Lipinski definition) is 7. The molecule has 7 nitrogen and oxygen atoms in total. The summed E-state index contributed by atoms with van der Waals surface area (Å²) in [6.45, 7) is 14.7. The predicted octanol–water partition coefficient (Wildman–Crippen LogP) is 4.42. The molecule has 7 heteroatoms. The Morgan fingerprint density at radius 2 is 1.23 bits per heavy atom. The summed E-state index contributed by atoms with van der Waals surface area (Å²) in [6, 6.07) is 6.31. The number of carboxylic acids is 2. The van der Waals surface area contributed by atoms with Crippen molar-refractivity contribution in [1.29, 1.82) is 0 Å². The average Bonchev–Trinajstić information content (AvgIpc) is 3.27. The number of fused-ring (bicyclic) bond motifs is 3. The molecule has 2 aromatic carbocycles. The summed E-state index contributed by atoms with van der Waals surface area (Å²) in [5, 5.41) is 25.5. The van der Waals surface area contributed by atoms with Gasteiger partial charge in [-0.1, -0.05) is 33.8 Å². The number of benzene rings is 2. The van der Waals surface area contributed by atoms with E-state index in [1.807, 2.05) is 0 Å². The Kier molecular flexibility index (Phi) is 11.8. The number of hydrogen-bond donors (Lipinski definition) is 0. The molecule has 0 unspecified atom stereocenters. The van der Waals surface area contributed by atoms with E-state index >= 15 is 0 Å². The monoisotopic (exact) mass is 536 g/mol. The SMILES string of the molecule is CCCN(CCC)CCCc1c(C(=O)[O-])cc2oc3cc(C(=O)[O-])ccc3c2c1CCCN(CCC)CCC. The van der Waals surface area contributed by atoms with Crippen molar-refractivity contribution >= 4 is 33.9 Å². The number of aromatic carboxylic acids is 2. The normalized spacial score (nSPS) is 11.8. The summed E-state index contributed by atoms with van der Waals surface area (Å²) in [6.07, 6.45) is 7.44. The van der Waals surface area contributed by atoms with Crippen LogP contribution in [0.4, 0.5) is 0 Å². The van der Waals surface area contributed by atoms with E-state index in [4.69, 9.17) is 4.42 Å². The largest absolute Gasteiger partial charge is 0.545 e. The molecule has 1 heterocycles. The highest BCUT2D eigenvalue weighted by molar-refractivity contribution is 6.10. The van der Waals surface area contributed by atoms with E-state index in [9.17, 15) is 19.8 Å². The van der Waals surface area contributed by atoms with Crippen LogP contribution in [0.3, 0.4) is 0 Å². The minimum absolute atomic E-state index is 0.0326. The van der Waals surface area contributed by atoms with Gasteiger partial charge in [0.2, 0.25) is 0 Å². The van der Waals surface area contributed by atoms with E-state index in [1.165, 1.54) is 12.1 Å². The molecular formula is C32H44N2O5-2. The van der Waals surface area contributed by atoms with E-state index in [1.54, 1.807) is 12.1 Å². The maximum Gasteiger partial charge on any atom is 0.136 e. The Morgan fingerprint density at radius 3 is 1.72 bits per heavy atom. The predicted molar refractivity (Wildman–Crippen MR) is 153 cm³/mol. The van der Waals surface area contributed by atoms with Crippen molar-refractivity contribution in [3.63, 3.8) is 0 Å². The molecule has 0 N–H and O–H groups in total. The van der Waals surface area contributed by atoms with Crippen LogP contribution in [-0.2, 0) is 12.8 Å².